The minimum Gasteiger partial charge on any atom is -0.506 e. The van der Waals surface area contributed by atoms with E-state index in [0.29, 0.717) is 31.6 Å². The van der Waals surface area contributed by atoms with Crippen LogP contribution in [0.4, 0.5) is 0 Å². The average Bonchev–Trinajstić information content (AvgIpc) is 2.83. The van der Waals surface area contributed by atoms with Crippen LogP contribution in [0.1, 0.15) is 15.9 Å². The molecule has 0 bridgehead atoms. The van der Waals surface area contributed by atoms with Crippen molar-refractivity contribution < 1.29 is 14.6 Å². The van der Waals surface area contributed by atoms with Crippen molar-refractivity contribution in [2.75, 3.05) is 0 Å². The van der Waals surface area contributed by atoms with E-state index in [1.54, 1.807) is 36.4 Å². The maximum Gasteiger partial charge on any atom is 0.271 e. The van der Waals surface area contributed by atoms with Crippen LogP contribution in [0.2, 0.25) is 0 Å². The fourth-order valence-corrected chi connectivity index (χ4v) is 4.32. The van der Waals surface area contributed by atoms with E-state index in [-0.39, 0.29) is 11.7 Å². The number of amides is 1. The van der Waals surface area contributed by atoms with Gasteiger partial charge in [0.15, 0.2) is 0 Å². The second kappa shape index (κ2) is 10.5. The van der Waals surface area contributed by atoms with Crippen LogP contribution in [0.5, 0.6) is 17.2 Å². The van der Waals surface area contributed by atoms with Crippen molar-refractivity contribution in [1.29, 1.82) is 0 Å². The second-order valence-electron chi connectivity index (χ2n) is 7.06. The van der Waals surface area contributed by atoms with Gasteiger partial charge in [-0.2, -0.15) is 5.10 Å². The number of hydrazone groups is 1. The van der Waals surface area contributed by atoms with Gasteiger partial charge in [0.05, 0.1) is 15.2 Å². The summed E-state index contributed by atoms with van der Waals surface area (Å²) < 4.78 is 7.03. The Hall–Kier alpha value is -3.42. The lowest BCUT2D eigenvalue weighted by molar-refractivity contribution is 0.0955. The molecule has 4 aromatic carbocycles. The Morgan fingerprint density at radius 2 is 1.45 bits per heavy atom. The van der Waals surface area contributed by atoms with Gasteiger partial charge >= 0.3 is 0 Å². The van der Waals surface area contributed by atoms with Gasteiger partial charge in [-0.05, 0) is 91.0 Å². The van der Waals surface area contributed by atoms with Crippen LogP contribution in [0.15, 0.2) is 105 Å². The number of benzene rings is 4. The van der Waals surface area contributed by atoms with Gasteiger partial charge in [0, 0.05) is 5.56 Å². The molecule has 0 aliphatic heterocycles. The van der Waals surface area contributed by atoms with Gasteiger partial charge < -0.3 is 9.84 Å². The van der Waals surface area contributed by atoms with E-state index in [2.05, 4.69) is 42.4 Å². The molecule has 33 heavy (non-hydrogen) atoms. The molecule has 4 rings (SSSR count). The predicted octanol–water partition coefficient (Wildman–Crippen LogP) is 7.14. The number of phenols is 1. The third-order valence-corrected chi connectivity index (χ3v) is 5.90. The van der Waals surface area contributed by atoms with Crippen LogP contribution in [-0.4, -0.2) is 17.2 Å². The van der Waals surface area contributed by atoms with Crippen LogP contribution in [0, 0.1) is 0 Å². The van der Waals surface area contributed by atoms with Crippen molar-refractivity contribution in [3.8, 4) is 28.4 Å². The first-order valence-electron chi connectivity index (χ1n) is 9.94. The lowest BCUT2D eigenvalue weighted by Crippen LogP contribution is -2.17. The molecule has 7 heteroatoms. The molecule has 0 heterocycles. The number of nitrogens with zero attached hydrogens (tertiary/aromatic N) is 1. The lowest BCUT2D eigenvalue weighted by Gasteiger charge is -2.09. The van der Waals surface area contributed by atoms with E-state index in [4.69, 9.17) is 4.74 Å². The highest BCUT2D eigenvalue weighted by Gasteiger charge is 2.08. The van der Waals surface area contributed by atoms with Crippen molar-refractivity contribution in [2.24, 2.45) is 5.10 Å². The molecule has 164 valence electrons. The molecule has 0 spiro atoms. The molecule has 0 aromatic heterocycles. The standard InChI is InChI=1S/C26H18Br2N2O3/c27-23-12-17(13-24(28)25(23)31)16-29-30-26(32)20-9-5-11-22(15-20)33-21-10-4-8-19(14-21)18-6-2-1-3-7-18/h1-16,31H,(H,30,32). The van der Waals surface area contributed by atoms with E-state index in [1.807, 2.05) is 54.6 Å². The molecule has 0 atom stereocenters. The molecule has 4 aromatic rings. The smallest absolute Gasteiger partial charge is 0.271 e. The Morgan fingerprint density at radius 3 is 2.18 bits per heavy atom. The minimum atomic E-state index is -0.369. The van der Waals surface area contributed by atoms with Gasteiger partial charge in [-0.25, -0.2) is 5.43 Å². The van der Waals surface area contributed by atoms with Crippen LogP contribution < -0.4 is 10.2 Å². The number of halogens is 2. The second-order valence-corrected chi connectivity index (χ2v) is 8.76. The van der Waals surface area contributed by atoms with Gasteiger partial charge in [-0.15, -0.1) is 0 Å². The third kappa shape index (κ3) is 5.88. The van der Waals surface area contributed by atoms with Crippen LogP contribution >= 0.6 is 31.9 Å². The molecule has 0 unspecified atom stereocenters. The van der Waals surface area contributed by atoms with E-state index < -0.39 is 0 Å². The molecule has 0 radical (unpaired) electrons. The lowest BCUT2D eigenvalue weighted by atomic mass is 10.1. The zero-order valence-corrected chi connectivity index (χ0v) is 20.4. The zero-order valence-electron chi connectivity index (χ0n) is 17.2. The topological polar surface area (TPSA) is 70.9 Å². The number of aromatic hydroxyl groups is 1. The molecule has 1 amide bonds. The number of carbonyl (C=O) groups is 1. The number of hydrogen-bond donors (Lipinski definition) is 2. The van der Waals surface area contributed by atoms with E-state index in [1.165, 1.54) is 6.21 Å². The van der Waals surface area contributed by atoms with Crippen molar-refractivity contribution in [2.45, 2.75) is 0 Å². The molecule has 2 N–H and O–H groups in total. The molecule has 0 aliphatic rings. The van der Waals surface area contributed by atoms with Crippen LogP contribution in [0.25, 0.3) is 11.1 Å². The molecule has 0 fully saturated rings. The molecule has 0 saturated carbocycles. The summed E-state index contributed by atoms with van der Waals surface area (Å²) in [6.07, 6.45) is 1.49. The van der Waals surface area contributed by atoms with Crippen molar-refractivity contribution in [1.82, 2.24) is 5.43 Å². The van der Waals surface area contributed by atoms with Gasteiger partial charge in [-0.1, -0.05) is 48.5 Å². The summed E-state index contributed by atoms with van der Waals surface area (Å²) in [4.78, 5) is 12.5. The summed E-state index contributed by atoms with van der Waals surface area (Å²) in [5.41, 5.74) is 5.76. The fraction of sp³-hybridized carbons (Fsp3) is 0. The number of nitrogens with one attached hydrogen (secondary N) is 1. The summed E-state index contributed by atoms with van der Waals surface area (Å²) in [5.74, 6) is 0.951. The largest absolute Gasteiger partial charge is 0.506 e. The first-order valence-corrected chi connectivity index (χ1v) is 11.5. The number of rotatable bonds is 6. The highest BCUT2D eigenvalue weighted by atomic mass is 79.9. The molecule has 5 nitrogen and oxygen atoms in total. The first-order chi connectivity index (χ1) is 16.0. The summed E-state index contributed by atoms with van der Waals surface area (Å²) in [6, 6.07) is 28.1. The van der Waals surface area contributed by atoms with Crippen molar-refractivity contribution >= 4 is 44.0 Å². The van der Waals surface area contributed by atoms with E-state index >= 15 is 0 Å². The predicted molar refractivity (Wildman–Crippen MR) is 137 cm³/mol. The Bertz CT molecular complexity index is 1300. The number of ether oxygens (including phenoxy) is 1. The number of phenolic OH excluding ortho intramolecular Hbond substituents is 1. The van der Waals surface area contributed by atoms with Gasteiger partial charge in [0.1, 0.15) is 17.2 Å². The van der Waals surface area contributed by atoms with Gasteiger partial charge in [-0.3, -0.25) is 4.79 Å². The third-order valence-electron chi connectivity index (χ3n) is 4.69. The van der Waals surface area contributed by atoms with Crippen LogP contribution in [-0.2, 0) is 0 Å². The fourth-order valence-electron chi connectivity index (χ4n) is 3.10. The van der Waals surface area contributed by atoms with E-state index in [9.17, 15) is 9.90 Å². The van der Waals surface area contributed by atoms with Crippen molar-refractivity contribution in [3.05, 3.63) is 111 Å². The Kier molecular flexibility index (Phi) is 7.22. The highest BCUT2D eigenvalue weighted by molar-refractivity contribution is 9.11. The summed E-state index contributed by atoms with van der Waals surface area (Å²) in [7, 11) is 0. The molecule has 0 aliphatic carbocycles. The van der Waals surface area contributed by atoms with Crippen molar-refractivity contribution in [3.63, 3.8) is 0 Å². The monoisotopic (exact) mass is 564 g/mol. The van der Waals surface area contributed by atoms with Gasteiger partial charge in [0.2, 0.25) is 0 Å². The first kappa shape index (κ1) is 22.8. The summed E-state index contributed by atoms with van der Waals surface area (Å²) in [6.45, 7) is 0. The molecular formula is C26H18Br2N2O3. The summed E-state index contributed by atoms with van der Waals surface area (Å²) >= 11 is 6.53. The van der Waals surface area contributed by atoms with Crippen LogP contribution in [0.3, 0.4) is 0 Å². The zero-order chi connectivity index (χ0) is 23.2. The number of carbonyl (C=O) groups excluding carboxylic acids is 1. The van der Waals surface area contributed by atoms with E-state index in [0.717, 1.165) is 11.1 Å². The average molecular weight is 566 g/mol. The Balaban J connectivity index is 1.44. The molecule has 0 saturated heterocycles. The SMILES string of the molecule is O=C(NN=Cc1cc(Br)c(O)c(Br)c1)c1cccc(Oc2cccc(-c3ccccc3)c2)c1. The summed E-state index contributed by atoms with van der Waals surface area (Å²) in [5, 5.41) is 13.8. The highest BCUT2D eigenvalue weighted by Crippen LogP contribution is 2.33. The minimum absolute atomic E-state index is 0.0994. The Labute approximate surface area is 208 Å². The maximum atomic E-state index is 12.5. The van der Waals surface area contributed by atoms with Gasteiger partial charge in [0.25, 0.3) is 5.91 Å². The normalized spacial score (nSPS) is 10.8. The quantitative estimate of drug-likeness (QED) is 0.193. The molecular weight excluding hydrogens is 548 g/mol. The number of hydrogen-bond acceptors (Lipinski definition) is 4. The Morgan fingerprint density at radius 1 is 0.818 bits per heavy atom. The maximum absolute atomic E-state index is 12.5.